The standard InChI is InChI=1S/C14H24F3N5S/c1-4-11-8-20-12(23-11)9-21-13(18-2)19-6-5-7-22(3)10-14(15,16)17/h8H,4-7,9-10H2,1-3H3,(H2,18,19,21). The number of aryl methyl sites for hydroxylation is 1. The molecule has 0 radical (unpaired) electrons. The van der Waals surface area contributed by atoms with E-state index in [-0.39, 0.29) is 0 Å². The second-order valence-electron chi connectivity index (χ2n) is 5.13. The van der Waals surface area contributed by atoms with E-state index < -0.39 is 12.7 Å². The second-order valence-corrected chi connectivity index (χ2v) is 6.33. The predicted octanol–water partition coefficient (Wildman–Crippen LogP) is 2.25. The molecule has 0 saturated heterocycles. The first-order chi connectivity index (χ1) is 10.8. The zero-order chi connectivity index (χ0) is 17.3. The summed E-state index contributed by atoms with van der Waals surface area (Å²) in [4.78, 5) is 10.9. The molecule has 1 rings (SSSR count). The number of thiazole rings is 1. The number of rotatable bonds is 8. The average molecular weight is 351 g/mol. The van der Waals surface area contributed by atoms with Crippen molar-refractivity contribution in [3.05, 3.63) is 16.1 Å². The molecule has 1 aromatic rings. The van der Waals surface area contributed by atoms with E-state index in [4.69, 9.17) is 0 Å². The monoisotopic (exact) mass is 351 g/mol. The maximum absolute atomic E-state index is 12.2. The first-order valence-corrected chi connectivity index (χ1v) is 8.29. The average Bonchev–Trinajstić information content (AvgIpc) is 2.92. The van der Waals surface area contributed by atoms with Crippen molar-refractivity contribution in [3.63, 3.8) is 0 Å². The van der Waals surface area contributed by atoms with Crippen molar-refractivity contribution in [3.8, 4) is 0 Å². The molecule has 2 N–H and O–H groups in total. The maximum Gasteiger partial charge on any atom is 0.401 e. The summed E-state index contributed by atoms with van der Waals surface area (Å²) in [5.74, 6) is 0.622. The Balaban J connectivity index is 2.21. The van der Waals surface area contributed by atoms with Crippen LogP contribution in [0.3, 0.4) is 0 Å². The van der Waals surface area contributed by atoms with Gasteiger partial charge >= 0.3 is 6.18 Å². The number of nitrogens with zero attached hydrogens (tertiary/aromatic N) is 3. The zero-order valence-electron chi connectivity index (χ0n) is 13.7. The third-order valence-electron chi connectivity index (χ3n) is 3.04. The van der Waals surface area contributed by atoms with Crippen molar-refractivity contribution < 1.29 is 13.2 Å². The summed E-state index contributed by atoms with van der Waals surface area (Å²) >= 11 is 1.65. The van der Waals surface area contributed by atoms with E-state index in [0.717, 1.165) is 11.4 Å². The Morgan fingerprint density at radius 3 is 2.70 bits per heavy atom. The van der Waals surface area contributed by atoms with Gasteiger partial charge in [0.1, 0.15) is 5.01 Å². The van der Waals surface area contributed by atoms with E-state index in [1.165, 1.54) is 16.8 Å². The highest BCUT2D eigenvalue weighted by atomic mass is 32.1. The second kappa shape index (κ2) is 9.71. The number of halogens is 3. The van der Waals surface area contributed by atoms with Crippen LogP contribution in [-0.2, 0) is 13.0 Å². The minimum atomic E-state index is -4.15. The van der Waals surface area contributed by atoms with Crippen LogP contribution in [0, 0.1) is 0 Å². The van der Waals surface area contributed by atoms with Gasteiger partial charge in [0.2, 0.25) is 0 Å². The topological polar surface area (TPSA) is 52.6 Å². The molecule has 0 unspecified atom stereocenters. The number of nitrogens with one attached hydrogen (secondary N) is 2. The Hall–Kier alpha value is -1.35. The van der Waals surface area contributed by atoms with Crippen molar-refractivity contribution >= 4 is 17.3 Å². The van der Waals surface area contributed by atoms with E-state index >= 15 is 0 Å². The fourth-order valence-electron chi connectivity index (χ4n) is 1.91. The number of aromatic nitrogens is 1. The molecule has 1 aromatic heterocycles. The van der Waals surface area contributed by atoms with Crippen molar-refractivity contribution in [2.24, 2.45) is 4.99 Å². The molecular weight excluding hydrogens is 327 g/mol. The molecule has 0 bridgehead atoms. The Morgan fingerprint density at radius 1 is 1.39 bits per heavy atom. The highest BCUT2D eigenvalue weighted by molar-refractivity contribution is 7.11. The quantitative estimate of drug-likeness (QED) is 0.429. The fraction of sp³-hybridized carbons (Fsp3) is 0.714. The van der Waals surface area contributed by atoms with E-state index in [0.29, 0.717) is 32.0 Å². The van der Waals surface area contributed by atoms with E-state index in [2.05, 4.69) is 27.5 Å². The molecule has 0 aliphatic carbocycles. The first kappa shape index (κ1) is 19.7. The molecule has 0 atom stereocenters. The summed E-state index contributed by atoms with van der Waals surface area (Å²) < 4.78 is 36.6. The molecule has 0 amide bonds. The number of hydrogen-bond donors (Lipinski definition) is 2. The van der Waals surface area contributed by atoms with Crippen LogP contribution in [0.15, 0.2) is 11.2 Å². The maximum atomic E-state index is 12.2. The van der Waals surface area contributed by atoms with Gasteiger partial charge in [0.05, 0.1) is 13.1 Å². The molecule has 132 valence electrons. The van der Waals surface area contributed by atoms with Gasteiger partial charge < -0.3 is 10.6 Å². The molecule has 0 aromatic carbocycles. The van der Waals surface area contributed by atoms with Crippen molar-refractivity contribution in [1.82, 2.24) is 20.5 Å². The lowest BCUT2D eigenvalue weighted by atomic mass is 10.4. The normalized spacial score (nSPS) is 12.7. The molecule has 0 aliphatic rings. The van der Waals surface area contributed by atoms with Crippen LogP contribution >= 0.6 is 11.3 Å². The molecule has 23 heavy (non-hydrogen) atoms. The summed E-state index contributed by atoms with van der Waals surface area (Å²) in [5.41, 5.74) is 0. The highest BCUT2D eigenvalue weighted by Crippen LogP contribution is 2.15. The molecule has 1 heterocycles. The molecule has 0 spiro atoms. The lowest BCUT2D eigenvalue weighted by Gasteiger charge is -2.18. The smallest absolute Gasteiger partial charge is 0.356 e. The van der Waals surface area contributed by atoms with Crippen LogP contribution in [0.5, 0.6) is 0 Å². The van der Waals surface area contributed by atoms with Gasteiger partial charge in [-0.1, -0.05) is 6.92 Å². The van der Waals surface area contributed by atoms with Gasteiger partial charge in [0.15, 0.2) is 5.96 Å². The highest BCUT2D eigenvalue weighted by Gasteiger charge is 2.28. The molecule has 9 heteroatoms. The van der Waals surface area contributed by atoms with Crippen molar-refractivity contribution in [1.29, 1.82) is 0 Å². The van der Waals surface area contributed by atoms with Gasteiger partial charge in [-0.2, -0.15) is 13.2 Å². The zero-order valence-corrected chi connectivity index (χ0v) is 14.5. The summed E-state index contributed by atoms with van der Waals surface area (Å²) in [6.07, 6.45) is -0.709. The predicted molar refractivity (Wildman–Crippen MR) is 87.9 cm³/mol. The third-order valence-corrected chi connectivity index (χ3v) is 4.18. The van der Waals surface area contributed by atoms with Crippen LogP contribution < -0.4 is 10.6 Å². The van der Waals surface area contributed by atoms with Crippen molar-refractivity contribution in [2.45, 2.75) is 32.5 Å². The van der Waals surface area contributed by atoms with E-state index in [1.54, 1.807) is 18.4 Å². The fourth-order valence-corrected chi connectivity index (χ4v) is 2.72. The van der Waals surface area contributed by atoms with E-state index in [9.17, 15) is 13.2 Å². The number of alkyl halides is 3. The summed E-state index contributed by atoms with van der Waals surface area (Å²) in [7, 11) is 3.12. The van der Waals surface area contributed by atoms with Gasteiger partial charge in [-0.3, -0.25) is 9.89 Å². The Bertz CT molecular complexity index is 487. The minimum absolute atomic E-state index is 0.371. The molecule has 0 saturated carbocycles. The number of guanidine groups is 1. The summed E-state index contributed by atoms with van der Waals surface area (Å²) in [6, 6.07) is 0. The molecule has 0 fully saturated rings. The minimum Gasteiger partial charge on any atom is -0.356 e. The number of hydrogen-bond acceptors (Lipinski definition) is 4. The van der Waals surface area contributed by atoms with Crippen LogP contribution in [0.1, 0.15) is 23.2 Å². The Morgan fingerprint density at radius 2 is 2.13 bits per heavy atom. The number of aliphatic imine (C=N–C) groups is 1. The van der Waals surface area contributed by atoms with Crippen LogP contribution in [0.4, 0.5) is 13.2 Å². The third kappa shape index (κ3) is 8.75. The van der Waals surface area contributed by atoms with Crippen molar-refractivity contribution in [2.75, 3.05) is 33.7 Å². The summed E-state index contributed by atoms with van der Waals surface area (Å²) in [5, 5.41) is 7.21. The molecule has 5 nitrogen and oxygen atoms in total. The van der Waals surface area contributed by atoms with Gasteiger partial charge in [-0.05, 0) is 26.4 Å². The van der Waals surface area contributed by atoms with Crippen LogP contribution in [-0.4, -0.2) is 55.7 Å². The van der Waals surface area contributed by atoms with Gasteiger partial charge in [-0.25, -0.2) is 4.98 Å². The Labute approximate surface area is 139 Å². The largest absolute Gasteiger partial charge is 0.401 e. The summed E-state index contributed by atoms with van der Waals surface area (Å²) in [6.45, 7) is 2.71. The SMILES string of the molecule is CCc1cnc(CNC(=NC)NCCCN(C)CC(F)(F)F)s1. The van der Waals surface area contributed by atoms with Crippen LogP contribution in [0.25, 0.3) is 0 Å². The van der Waals surface area contributed by atoms with Gasteiger partial charge in [-0.15, -0.1) is 11.3 Å². The van der Waals surface area contributed by atoms with Crippen LogP contribution in [0.2, 0.25) is 0 Å². The molecular formula is C14H24F3N5S. The lowest BCUT2D eigenvalue weighted by Crippen LogP contribution is -2.38. The van der Waals surface area contributed by atoms with Gasteiger partial charge in [0.25, 0.3) is 0 Å². The lowest BCUT2D eigenvalue weighted by molar-refractivity contribution is -0.143. The van der Waals surface area contributed by atoms with E-state index in [1.807, 2.05) is 6.20 Å². The molecule has 0 aliphatic heterocycles. The Kier molecular flexibility index (Phi) is 8.32. The van der Waals surface area contributed by atoms with Gasteiger partial charge in [0, 0.05) is 24.7 Å². The first-order valence-electron chi connectivity index (χ1n) is 7.47.